The highest BCUT2D eigenvalue weighted by atomic mass is 79.9. The molecule has 0 bridgehead atoms. The van der Waals surface area contributed by atoms with Gasteiger partial charge in [0.1, 0.15) is 11.5 Å². The summed E-state index contributed by atoms with van der Waals surface area (Å²) in [5.74, 6) is 1.45. The molecule has 0 aliphatic heterocycles. The molecule has 18 heavy (non-hydrogen) atoms. The van der Waals surface area contributed by atoms with Crippen LogP contribution in [0.4, 0.5) is 0 Å². The van der Waals surface area contributed by atoms with Crippen LogP contribution in [0, 0.1) is 0 Å². The Balaban J connectivity index is 2.26. The fourth-order valence-corrected chi connectivity index (χ4v) is 3.02. The fraction of sp³-hybridized carbons (Fsp3) is 0.0769. The number of benzene rings is 2. The van der Waals surface area contributed by atoms with Crippen LogP contribution in [0.2, 0.25) is 0 Å². The summed E-state index contributed by atoms with van der Waals surface area (Å²) >= 11 is 10.2. The molecule has 0 fully saturated rings. The summed E-state index contributed by atoms with van der Waals surface area (Å²) in [5.41, 5.74) is 0.831. The van der Waals surface area contributed by atoms with Gasteiger partial charge in [-0.25, -0.2) is 0 Å². The van der Waals surface area contributed by atoms with Crippen LogP contribution in [0.1, 0.15) is 5.56 Å². The summed E-state index contributed by atoms with van der Waals surface area (Å²) in [7, 11) is 0. The maximum Gasteiger partial charge on any atom is 0.141 e. The van der Waals surface area contributed by atoms with E-state index in [0.717, 1.165) is 24.7 Å². The number of rotatable bonds is 3. The van der Waals surface area contributed by atoms with Crippen molar-refractivity contribution in [1.29, 1.82) is 0 Å². The summed E-state index contributed by atoms with van der Waals surface area (Å²) in [4.78, 5) is 0. The molecule has 0 aliphatic carbocycles. The van der Waals surface area contributed by atoms with Crippen LogP contribution < -0.4 is 4.74 Å². The van der Waals surface area contributed by atoms with Gasteiger partial charge in [-0.05, 0) is 51.8 Å². The number of halogens is 3. The van der Waals surface area contributed by atoms with Crippen LogP contribution in [-0.2, 0) is 6.61 Å². The minimum atomic E-state index is 0.00282. The lowest BCUT2D eigenvalue weighted by Crippen LogP contribution is -1.89. The largest absolute Gasteiger partial charge is 0.456 e. The lowest BCUT2D eigenvalue weighted by atomic mass is 10.2. The lowest BCUT2D eigenvalue weighted by Gasteiger charge is -2.09. The number of aliphatic hydroxyl groups excluding tert-OH is 1. The molecule has 2 rings (SSSR count). The third-order valence-corrected chi connectivity index (χ3v) is 4.17. The summed E-state index contributed by atoms with van der Waals surface area (Å²) in [5, 5.41) is 9.09. The molecule has 0 radical (unpaired) electrons. The van der Waals surface area contributed by atoms with E-state index >= 15 is 0 Å². The van der Waals surface area contributed by atoms with Gasteiger partial charge in [-0.15, -0.1) is 0 Å². The van der Waals surface area contributed by atoms with Crippen LogP contribution in [0.5, 0.6) is 11.5 Å². The highest BCUT2D eigenvalue weighted by Crippen LogP contribution is 2.33. The Morgan fingerprint density at radius 2 is 1.72 bits per heavy atom. The Morgan fingerprint density at radius 3 is 2.33 bits per heavy atom. The molecule has 0 heterocycles. The van der Waals surface area contributed by atoms with Gasteiger partial charge in [0.15, 0.2) is 0 Å². The van der Waals surface area contributed by atoms with Gasteiger partial charge in [-0.3, -0.25) is 0 Å². The van der Waals surface area contributed by atoms with Gasteiger partial charge in [0.05, 0.1) is 11.1 Å². The molecule has 0 amide bonds. The Labute approximate surface area is 130 Å². The van der Waals surface area contributed by atoms with Gasteiger partial charge in [-0.2, -0.15) is 0 Å². The zero-order valence-corrected chi connectivity index (χ0v) is 13.9. The van der Waals surface area contributed by atoms with Crippen LogP contribution >= 0.6 is 47.8 Å². The van der Waals surface area contributed by atoms with E-state index in [4.69, 9.17) is 9.84 Å². The smallest absolute Gasteiger partial charge is 0.141 e. The van der Waals surface area contributed by atoms with E-state index in [1.54, 1.807) is 0 Å². The zero-order valence-electron chi connectivity index (χ0n) is 9.16. The summed E-state index contributed by atoms with van der Waals surface area (Å²) in [6, 6.07) is 11.2. The number of aliphatic hydroxyl groups is 1. The Bertz CT molecular complexity index is 570. The van der Waals surface area contributed by atoms with Crippen LogP contribution in [0.25, 0.3) is 0 Å². The second-order valence-electron chi connectivity index (χ2n) is 3.59. The van der Waals surface area contributed by atoms with E-state index in [1.165, 1.54) is 0 Å². The lowest BCUT2D eigenvalue weighted by molar-refractivity contribution is 0.281. The highest BCUT2D eigenvalue weighted by Gasteiger charge is 2.05. The zero-order chi connectivity index (χ0) is 13.1. The van der Waals surface area contributed by atoms with Crippen molar-refractivity contribution in [2.75, 3.05) is 0 Å². The number of ether oxygens (including phenoxy) is 1. The van der Waals surface area contributed by atoms with Crippen molar-refractivity contribution >= 4 is 47.8 Å². The van der Waals surface area contributed by atoms with E-state index in [9.17, 15) is 0 Å². The highest BCUT2D eigenvalue weighted by molar-refractivity contribution is 9.11. The Morgan fingerprint density at radius 1 is 0.944 bits per heavy atom. The predicted molar refractivity (Wildman–Crippen MR) is 82.0 cm³/mol. The first-order valence-corrected chi connectivity index (χ1v) is 7.50. The van der Waals surface area contributed by atoms with Gasteiger partial charge in [0, 0.05) is 8.95 Å². The van der Waals surface area contributed by atoms with E-state index in [0.29, 0.717) is 5.75 Å². The van der Waals surface area contributed by atoms with Crippen molar-refractivity contribution in [2.45, 2.75) is 6.61 Å². The minimum absolute atomic E-state index is 0.00282. The van der Waals surface area contributed by atoms with Crippen molar-refractivity contribution in [1.82, 2.24) is 0 Å². The minimum Gasteiger partial charge on any atom is -0.456 e. The third-order valence-electron chi connectivity index (χ3n) is 2.32. The number of hydrogen-bond acceptors (Lipinski definition) is 2. The quantitative estimate of drug-likeness (QED) is 0.711. The van der Waals surface area contributed by atoms with E-state index in [-0.39, 0.29) is 6.61 Å². The normalized spacial score (nSPS) is 10.4. The topological polar surface area (TPSA) is 29.5 Å². The molecular formula is C13H9Br3O2. The maximum absolute atomic E-state index is 9.09. The van der Waals surface area contributed by atoms with E-state index in [2.05, 4.69) is 47.8 Å². The Kier molecular flexibility index (Phi) is 4.84. The average molecular weight is 437 g/mol. The van der Waals surface area contributed by atoms with Crippen LogP contribution in [-0.4, -0.2) is 5.11 Å². The molecule has 2 nitrogen and oxygen atoms in total. The molecular weight excluding hydrogens is 428 g/mol. The van der Waals surface area contributed by atoms with Crippen molar-refractivity contribution < 1.29 is 9.84 Å². The Hall–Kier alpha value is -0.360. The molecule has 0 saturated carbocycles. The summed E-state index contributed by atoms with van der Waals surface area (Å²) in [6.45, 7) is 0.00282. The maximum atomic E-state index is 9.09. The average Bonchev–Trinajstić information content (AvgIpc) is 2.33. The van der Waals surface area contributed by atoms with Crippen molar-refractivity contribution in [3.05, 3.63) is 55.4 Å². The molecule has 94 valence electrons. The second-order valence-corrected chi connectivity index (χ2v) is 6.21. The molecule has 0 aliphatic rings. The first kappa shape index (κ1) is 14.1. The molecule has 2 aromatic carbocycles. The standard InChI is InChI=1S/C13H9Br3O2/c14-9-2-4-13(12(16)5-9)18-10-3-1-8(7-17)11(15)6-10/h1-6,17H,7H2. The summed E-state index contributed by atoms with van der Waals surface area (Å²) < 4.78 is 8.45. The van der Waals surface area contributed by atoms with Crippen molar-refractivity contribution in [3.8, 4) is 11.5 Å². The SMILES string of the molecule is OCc1ccc(Oc2ccc(Br)cc2Br)cc1Br. The van der Waals surface area contributed by atoms with Gasteiger partial charge in [0.2, 0.25) is 0 Å². The first-order valence-electron chi connectivity index (χ1n) is 5.12. The third kappa shape index (κ3) is 3.35. The molecule has 5 heteroatoms. The van der Waals surface area contributed by atoms with Gasteiger partial charge < -0.3 is 9.84 Å². The molecule has 1 N–H and O–H groups in total. The van der Waals surface area contributed by atoms with Crippen LogP contribution in [0.3, 0.4) is 0 Å². The van der Waals surface area contributed by atoms with Crippen LogP contribution in [0.15, 0.2) is 49.8 Å². The van der Waals surface area contributed by atoms with Gasteiger partial charge in [0.25, 0.3) is 0 Å². The molecule has 0 saturated heterocycles. The molecule has 0 aromatic heterocycles. The first-order chi connectivity index (χ1) is 8.60. The second kappa shape index (κ2) is 6.19. The molecule has 0 unspecified atom stereocenters. The fourth-order valence-electron chi connectivity index (χ4n) is 1.40. The van der Waals surface area contributed by atoms with Crippen molar-refractivity contribution in [2.24, 2.45) is 0 Å². The predicted octanol–water partition coefficient (Wildman–Crippen LogP) is 5.26. The molecule has 0 spiro atoms. The summed E-state index contributed by atoms with van der Waals surface area (Å²) in [6.07, 6.45) is 0. The van der Waals surface area contributed by atoms with E-state index < -0.39 is 0 Å². The number of hydrogen-bond donors (Lipinski definition) is 1. The monoisotopic (exact) mass is 434 g/mol. The molecule has 2 aromatic rings. The van der Waals surface area contributed by atoms with Crippen molar-refractivity contribution in [3.63, 3.8) is 0 Å². The molecule has 0 atom stereocenters. The van der Waals surface area contributed by atoms with Gasteiger partial charge in [-0.1, -0.05) is 37.9 Å². The van der Waals surface area contributed by atoms with Gasteiger partial charge >= 0.3 is 0 Å². The van der Waals surface area contributed by atoms with E-state index in [1.807, 2.05) is 36.4 Å².